The molecule has 0 aromatic carbocycles. The molecule has 15 heavy (non-hydrogen) atoms. The second-order valence-electron chi connectivity index (χ2n) is 3.42. The van der Waals surface area contributed by atoms with Crippen molar-refractivity contribution < 1.29 is 4.21 Å². The molecule has 0 aliphatic rings. The fraction of sp³-hybridized carbons (Fsp3) is 0.500. The number of nitrogens with zero attached hydrogens (tertiary/aromatic N) is 1. The normalized spacial score (nSPS) is 14.6. The van der Waals surface area contributed by atoms with E-state index in [1.54, 1.807) is 18.6 Å². The van der Waals surface area contributed by atoms with Gasteiger partial charge in [-0.3, -0.25) is 9.19 Å². The van der Waals surface area contributed by atoms with Crippen LogP contribution < -0.4 is 5.32 Å². The van der Waals surface area contributed by atoms with Crippen molar-refractivity contribution in [1.82, 2.24) is 4.98 Å². The van der Waals surface area contributed by atoms with Gasteiger partial charge in [0, 0.05) is 39.5 Å². The summed E-state index contributed by atoms with van der Waals surface area (Å²) >= 11 is 3.36. The zero-order valence-corrected chi connectivity index (χ0v) is 11.3. The molecule has 0 saturated carbocycles. The van der Waals surface area contributed by atoms with Crippen LogP contribution in [0.2, 0.25) is 0 Å². The van der Waals surface area contributed by atoms with Gasteiger partial charge in [0.2, 0.25) is 0 Å². The molecule has 0 bridgehead atoms. The standard InChI is InChI=1S/C10H15BrN2OS/c1-8(15(2)14)3-4-13-10-5-9(11)6-12-7-10/h5-8,13H,3-4H2,1-2H3. The van der Waals surface area contributed by atoms with Crippen molar-refractivity contribution in [3.8, 4) is 0 Å². The van der Waals surface area contributed by atoms with E-state index in [0.717, 1.165) is 23.1 Å². The summed E-state index contributed by atoms with van der Waals surface area (Å²) in [5.74, 6) is 0. The highest BCUT2D eigenvalue weighted by molar-refractivity contribution is 9.10. The van der Waals surface area contributed by atoms with E-state index in [0.29, 0.717) is 0 Å². The smallest absolute Gasteiger partial charge is 0.0538 e. The Hall–Kier alpha value is -0.420. The fourth-order valence-corrected chi connectivity index (χ4v) is 1.91. The van der Waals surface area contributed by atoms with Gasteiger partial charge in [0.25, 0.3) is 0 Å². The highest BCUT2D eigenvalue weighted by Gasteiger charge is 2.04. The van der Waals surface area contributed by atoms with Gasteiger partial charge in [-0.15, -0.1) is 0 Å². The second-order valence-corrected chi connectivity index (χ2v) is 6.13. The zero-order chi connectivity index (χ0) is 11.3. The minimum atomic E-state index is -0.737. The molecule has 1 rings (SSSR count). The molecule has 1 N–H and O–H groups in total. The van der Waals surface area contributed by atoms with Gasteiger partial charge in [-0.1, -0.05) is 6.92 Å². The summed E-state index contributed by atoms with van der Waals surface area (Å²) in [5, 5.41) is 3.48. The third-order valence-electron chi connectivity index (χ3n) is 2.15. The predicted octanol–water partition coefficient (Wildman–Crippen LogP) is 2.41. The predicted molar refractivity (Wildman–Crippen MR) is 68.6 cm³/mol. The van der Waals surface area contributed by atoms with Crippen LogP contribution in [0.5, 0.6) is 0 Å². The van der Waals surface area contributed by atoms with Gasteiger partial charge in [0.1, 0.15) is 0 Å². The fourth-order valence-electron chi connectivity index (χ4n) is 1.09. The Balaban J connectivity index is 2.35. The van der Waals surface area contributed by atoms with E-state index in [1.807, 2.05) is 13.0 Å². The van der Waals surface area contributed by atoms with Crippen LogP contribution in [0, 0.1) is 0 Å². The van der Waals surface area contributed by atoms with E-state index >= 15 is 0 Å². The van der Waals surface area contributed by atoms with Crippen molar-refractivity contribution in [1.29, 1.82) is 0 Å². The highest BCUT2D eigenvalue weighted by atomic mass is 79.9. The topological polar surface area (TPSA) is 42.0 Å². The first-order valence-electron chi connectivity index (χ1n) is 4.76. The van der Waals surface area contributed by atoms with Crippen molar-refractivity contribution in [2.45, 2.75) is 18.6 Å². The van der Waals surface area contributed by atoms with Crippen LogP contribution in [0.4, 0.5) is 5.69 Å². The Labute approximate surface area is 101 Å². The van der Waals surface area contributed by atoms with Crippen LogP contribution in [0.3, 0.4) is 0 Å². The molecule has 0 amide bonds. The Kier molecular flexibility index (Phi) is 5.25. The van der Waals surface area contributed by atoms with E-state index in [1.165, 1.54) is 0 Å². The lowest BCUT2D eigenvalue weighted by atomic mass is 10.3. The van der Waals surface area contributed by atoms with Crippen LogP contribution in [-0.4, -0.2) is 27.2 Å². The molecule has 0 fully saturated rings. The van der Waals surface area contributed by atoms with Gasteiger partial charge in [-0.25, -0.2) is 0 Å². The first kappa shape index (κ1) is 12.6. The molecule has 1 heterocycles. The van der Waals surface area contributed by atoms with Crippen molar-refractivity contribution in [3.63, 3.8) is 0 Å². The molecule has 3 nitrogen and oxygen atoms in total. The minimum absolute atomic E-state index is 0.234. The third-order valence-corrected chi connectivity index (χ3v) is 3.95. The number of hydrogen-bond donors (Lipinski definition) is 1. The quantitative estimate of drug-likeness (QED) is 0.906. The van der Waals surface area contributed by atoms with Gasteiger partial charge < -0.3 is 5.32 Å². The van der Waals surface area contributed by atoms with E-state index in [9.17, 15) is 4.21 Å². The molecule has 1 aromatic heterocycles. The Bertz CT molecular complexity index is 346. The molecular formula is C10H15BrN2OS. The van der Waals surface area contributed by atoms with Gasteiger partial charge in [-0.2, -0.15) is 0 Å². The maximum Gasteiger partial charge on any atom is 0.0538 e. The lowest BCUT2D eigenvalue weighted by Crippen LogP contribution is -2.14. The van der Waals surface area contributed by atoms with E-state index in [-0.39, 0.29) is 5.25 Å². The summed E-state index contributed by atoms with van der Waals surface area (Å²) in [5.41, 5.74) is 0.985. The number of halogens is 1. The maximum atomic E-state index is 11.1. The molecule has 1 aromatic rings. The number of rotatable bonds is 5. The van der Waals surface area contributed by atoms with Crippen molar-refractivity contribution in [2.75, 3.05) is 18.1 Å². The number of hydrogen-bond acceptors (Lipinski definition) is 3. The molecule has 84 valence electrons. The Morgan fingerprint density at radius 3 is 2.93 bits per heavy atom. The first-order chi connectivity index (χ1) is 7.09. The maximum absolute atomic E-state index is 11.1. The monoisotopic (exact) mass is 290 g/mol. The van der Waals surface area contributed by atoms with Crippen LogP contribution in [-0.2, 0) is 10.8 Å². The first-order valence-corrected chi connectivity index (χ1v) is 7.17. The van der Waals surface area contributed by atoms with Crippen molar-refractivity contribution in [3.05, 3.63) is 22.9 Å². The Morgan fingerprint density at radius 2 is 2.33 bits per heavy atom. The number of aromatic nitrogens is 1. The molecule has 0 aliphatic heterocycles. The molecule has 0 saturated heterocycles. The summed E-state index contributed by atoms with van der Waals surface area (Å²) in [6, 6.07) is 1.97. The van der Waals surface area contributed by atoms with Crippen LogP contribution >= 0.6 is 15.9 Å². The summed E-state index contributed by atoms with van der Waals surface area (Å²) in [4.78, 5) is 4.05. The summed E-state index contributed by atoms with van der Waals surface area (Å²) < 4.78 is 12.1. The average Bonchev–Trinajstić information content (AvgIpc) is 2.17. The molecule has 2 unspecified atom stereocenters. The summed E-state index contributed by atoms with van der Waals surface area (Å²) in [6.45, 7) is 2.82. The van der Waals surface area contributed by atoms with E-state index < -0.39 is 10.8 Å². The SMILES string of the molecule is CC(CCNc1cncc(Br)c1)S(C)=O. The second kappa shape index (κ2) is 6.23. The third kappa shape index (κ3) is 4.75. The lowest BCUT2D eigenvalue weighted by Gasteiger charge is -2.09. The molecular weight excluding hydrogens is 276 g/mol. The lowest BCUT2D eigenvalue weighted by molar-refractivity contribution is 0.672. The van der Waals surface area contributed by atoms with E-state index in [2.05, 4.69) is 26.2 Å². The van der Waals surface area contributed by atoms with Gasteiger partial charge in [0.05, 0.1) is 11.9 Å². The molecule has 0 aliphatic carbocycles. The molecule has 2 atom stereocenters. The van der Waals surface area contributed by atoms with Crippen LogP contribution in [0.1, 0.15) is 13.3 Å². The zero-order valence-electron chi connectivity index (χ0n) is 8.87. The average molecular weight is 291 g/mol. The van der Waals surface area contributed by atoms with E-state index in [4.69, 9.17) is 0 Å². The number of nitrogens with one attached hydrogen (secondary N) is 1. The molecule has 0 radical (unpaired) electrons. The number of anilines is 1. The molecule has 5 heteroatoms. The van der Waals surface area contributed by atoms with Crippen LogP contribution in [0.15, 0.2) is 22.9 Å². The van der Waals surface area contributed by atoms with Gasteiger partial charge in [-0.05, 0) is 28.4 Å². The van der Waals surface area contributed by atoms with Gasteiger partial charge in [0.15, 0.2) is 0 Å². The Morgan fingerprint density at radius 1 is 1.60 bits per heavy atom. The summed E-state index contributed by atoms with van der Waals surface area (Å²) in [6.07, 6.45) is 6.16. The highest BCUT2D eigenvalue weighted by Crippen LogP contribution is 2.13. The van der Waals surface area contributed by atoms with Crippen LogP contribution in [0.25, 0.3) is 0 Å². The van der Waals surface area contributed by atoms with Gasteiger partial charge >= 0.3 is 0 Å². The summed E-state index contributed by atoms with van der Waals surface area (Å²) in [7, 11) is -0.737. The minimum Gasteiger partial charge on any atom is -0.384 e. The molecule has 0 spiro atoms. The van der Waals surface area contributed by atoms with Crippen molar-refractivity contribution in [2.24, 2.45) is 0 Å². The number of pyridine rings is 1. The van der Waals surface area contributed by atoms with Crippen molar-refractivity contribution >= 4 is 32.4 Å². The largest absolute Gasteiger partial charge is 0.384 e.